The maximum Gasteiger partial charge on any atom is 0.115 e. The van der Waals surface area contributed by atoms with Gasteiger partial charge in [0.15, 0.2) is 0 Å². The van der Waals surface area contributed by atoms with Crippen LogP contribution in [0.3, 0.4) is 0 Å². The Morgan fingerprint density at radius 3 is 2.75 bits per heavy atom. The van der Waals surface area contributed by atoms with Gasteiger partial charge in [-0.3, -0.25) is 0 Å². The second-order valence-corrected chi connectivity index (χ2v) is 5.52. The first-order chi connectivity index (χ1) is 7.66. The molecule has 1 aromatic rings. The average Bonchev–Trinajstić information content (AvgIpc) is 2.29. The van der Waals surface area contributed by atoms with E-state index in [0.29, 0.717) is 11.5 Å². The van der Waals surface area contributed by atoms with Gasteiger partial charge in [-0.25, -0.2) is 9.97 Å². The lowest BCUT2D eigenvalue weighted by atomic mass is 9.75. The van der Waals surface area contributed by atoms with Crippen LogP contribution in [0.25, 0.3) is 0 Å². The molecule has 16 heavy (non-hydrogen) atoms. The number of nitrogens with one attached hydrogen (secondary N) is 1. The third kappa shape index (κ3) is 3.27. The number of hydrogen-bond donors (Lipinski definition) is 1. The van der Waals surface area contributed by atoms with E-state index >= 15 is 0 Å². The molecule has 0 aliphatic heterocycles. The maximum absolute atomic E-state index is 4.22. The summed E-state index contributed by atoms with van der Waals surface area (Å²) in [6, 6.07) is 2.64. The van der Waals surface area contributed by atoms with Crippen LogP contribution >= 0.6 is 0 Å². The second-order valence-electron chi connectivity index (χ2n) is 5.52. The molecular weight excluding hydrogens is 198 g/mol. The second kappa shape index (κ2) is 4.91. The van der Waals surface area contributed by atoms with Crippen molar-refractivity contribution in [3.05, 3.63) is 24.3 Å². The van der Waals surface area contributed by atoms with Crippen LogP contribution in [0.1, 0.15) is 45.2 Å². The lowest BCUT2D eigenvalue weighted by Crippen LogP contribution is -2.35. The van der Waals surface area contributed by atoms with Crippen LogP contribution in [0.4, 0.5) is 0 Å². The number of nitrogens with zero attached hydrogens (tertiary/aromatic N) is 2. The smallest absolute Gasteiger partial charge is 0.115 e. The Morgan fingerprint density at radius 1 is 1.38 bits per heavy atom. The number of rotatable bonds is 3. The number of aromatic nitrogens is 2. The van der Waals surface area contributed by atoms with Crippen molar-refractivity contribution in [3.8, 4) is 0 Å². The molecule has 1 saturated carbocycles. The summed E-state index contributed by atoms with van der Waals surface area (Å²) in [6.45, 7) is 5.61. The van der Waals surface area contributed by atoms with Gasteiger partial charge in [-0.15, -0.1) is 0 Å². The Balaban J connectivity index is 1.76. The third-order valence-electron chi connectivity index (χ3n) is 3.55. The van der Waals surface area contributed by atoms with Gasteiger partial charge in [-0.05, 0) is 37.2 Å². The molecule has 1 aliphatic rings. The predicted octanol–water partition coefficient (Wildman–Crippen LogP) is 2.54. The lowest BCUT2D eigenvalue weighted by Gasteiger charge is -2.34. The van der Waals surface area contributed by atoms with Crippen LogP contribution in [-0.4, -0.2) is 16.0 Å². The minimum Gasteiger partial charge on any atom is -0.308 e. The standard InChI is InChI=1S/C13H21N3/c1-13(2)6-3-11(4-7-13)15-9-12-5-8-14-10-16-12/h5,8,10-11,15H,3-4,6-7,9H2,1-2H3. The first-order valence-electron chi connectivity index (χ1n) is 6.14. The summed E-state index contributed by atoms with van der Waals surface area (Å²) < 4.78 is 0. The molecule has 0 saturated heterocycles. The molecule has 1 aliphatic carbocycles. The minimum absolute atomic E-state index is 0.549. The van der Waals surface area contributed by atoms with Gasteiger partial charge in [0.2, 0.25) is 0 Å². The quantitative estimate of drug-likeness (QED) is 0.849. The van der Waals surface area contributed by atoms with Crippen LogP contribution in [0.15, 0.2) is 18.6 Å². The van der Waals surface area contributed by atoms with Crippen molar-refractivity contribution in [1.29, 1.82) is 0 Å². The predicted molar refractivity (Wildman–Crippen MR) is 64.9 cm³/mol. The van der Waals surface area contributed by atoms with Crippen LogP contribution in [0.5, 0.6) is 0 Å². The van der Waals surface area contributed by atoms with Crippen molar-refractivity contribution in [1.82, 2.24) is 15.3 Å². The Kier molecular flexibility index (Phi) is 3.54. The van der Waals surface area contributed by atoms with Gasteiger partial charge in [0.05, 0.1) is 5.69 Å². The van der Waals surface area contributed by atoms with Gasteiger partial charge in [-0.1, -0.05) is 13.8 Å². The molecule has 0 amide bonds. The van der Waals surface area contributed by atoms with Gasteiger partial charge >= 0.3 is 0 Å². The molecule has 0 aromatic carbocycles. The van der Waals surface area contributed by atoms with Crippen LogP contribution in [-0.2, 0) is 6.54 Å². The first-order valence-corrected chi connectivity index (χ1v) is 6.14. The molecule has 3 nitrogen and oxygen atoms in total. The molecular formula is C13H21N3. The Morgan fingerprint density at radius 2 is 2.12 bits per heavy atom. The van der Waals surface area contributed by atoms with Crippen molar-refractivity contribution in [2.75, 3.05) is 0 Å². The van der Waals surface area contributed by atoms with Crippen LogP contribution in [0.2, 0.25) is 0 Å². The largest absolute Gasteiger partial charge is 0.308 e. The van der Waals surface area contributed by atoms with Gasteiger partial charge in [-0.2, -0.15) is 0 Å². The summed E-state index contributed by atoms with van der Waals surface area (Å²) >= 11 is 0. The maximum atomic E-state index is 4.22. The van der Waals surface area contributed by atoms with Crippen molar-refractivity contribution in [3.63, 3.8) is 0 Å². The molecule has 3 heteroatoms. The fraction of sp³-hybridized carbons (Fsp3) is 0.692. The summed E-state index contributed by atoms with van der Waals surface area (Å²) in [5.41, 5.74) is 1.63. The topological polar surface area (TPSA) is 37.8 Å². The summed E-state index contributed by atoms with van der Waals surface area (Å²) in [4.78, 5) is 8.14. The highest BCUT2D eigenvalue weighted by Gasteiger charge is 2.26. The zero-order valence-corrected chi connectivity index (χ0v) is 10.2. The highest BCUT2D eigenvalue weighted by atomic mass is 14.9. The van der Waals surface area contributed by atoms with E-state index in [0.717, 1.165) is 12.2 Å². The van der Waals surface area contributed by atoms with Gasteiger partial charge in [0.1, 0.15) is 6.33 Å². The Bertz CT molecular complexity index is 311. The monoisotopic (exact) mass is 219 g/mol. The fourth-order valence-electron chi connectivity index (χ4n) is 2.27. The Labute approximate surface area is 97.7 Å². The summed E-state index contributed by atoms with van der Waals surface area (Å²) in [5.74, 6) is 0. The molecule has 1 heterocycles. The van der Waals surface area contributed by atoms with E-state index in [4.69, 9.17) is 0 Å². The third-order valence-corrected chi connectivity index (χ3v) is 3.55. The summed E-state index contributed by atoms with van der Waals surface area (Å²) in [7, 11) is 0. The molecule has 0 unspecified atom stereocenters. The van der Waals surface area contributed by atoms with Crippen molar-refractivity contribution < 1.29 is 0 Å². The van der Waals surface area contributed by atoms with Gasteiger partial charge < -0.3 is 5.32 Å². The van der Waals surface area contributed by atoms with E-state index in [2.05, 4.69) is 29.1 Å². The zero-order chi connectivity index (χ0) is 11.4. The van der Waals surface area contributed by atoms with E-state index in [9.17, 15) is 0 Å². The van der Waals surface area contributed by atoms with Crippen molar-refractivity contribution in [2.24, 2.45) is 5.41 Å². The van der Waals surface area contributed by atoms with E-state index in [1.54, 1.807) is 12.5 Å². The van der Waals surface area contributed by atoms with Crippen LogP contribution in [0, 0.1) is 5.41 Å². The molecule has 1 N–H and O–H groups in total. The van der Waals surface area contributed by atoms with Crippen LogP contribution < -0.4 is 5.32 Å². The number of hydrogen-bond acceptors (Lipinski definition) is 3. The SMILES string of the molecule is CC1(C)CCC(NCc2ccncn2)CC1. The highest BCUT2D eigenvalue weighted by Crippen LogP contribution is 2.34. The lowest BCUT2D eigenvalue weighted by molar-refractivity contribution is 0.205. The van der Waals surface area contributed by atoms with Gasteiger partial charge in [0.25, 0.3) is 0 Å². The van der Waals surface area contributed by atoms with Crippen molar-refractivity contribution >= 4 is 0 Å². The summed E-state index contributed by atoms with van der Waals surface area (Å²) in [6.07, 6.45) is 8.65. The molecule has 1 fully saturated rings. The van der Waals surface area contributed by atoms with E-state index in [1.807, 2.05) is 6.07 Å². The van der Waals surface area contributed by atoms with E-state index in [1.165, 1.54) is 25.7 Å². The van der Waals surface area contributed by atoms with E-state index < -0.39 is 0 Å². The zero-order valence-electron chi connectivity index (χ0n) is 10.2. The first kappa shape index (κ1) is 11.5. The fourth-order valence-corrected chi connectivity index (χ4v) is 2.27. The highest BCUT2D eigenvalue weighted by molar-refractivity contribution is 4.97. The minimum atomic E-state index is 0.549. The molecule has 0 atom stereocenters. The summed E-state index contributed by atoms with van der Waals surface area (Å²) in [5, 5.41) is 3.59. The normalized spacial score (nSPS) is 20.9. The molecule has 1 aromatic heterocycles. The van der Waals surface area contributed by atoms with Gasteiger partial charge in [0, 0.05) is 18.8 Å². The molecule has 0 bridgehead atoms. The van der Waals surface area contributed by atoms with Crippen molar-refractivity contribution in [2.45, 2.75) is 52.1 Å². The van der Waals surface area contributed by atoms with E-state index in [-0.39, 0.29) is 0 Å². The average molecular weight is 219 g/mol. The Hall–Kier alpha value is -0.960. The molecule has 0 radical (unpaired) electrons. The molecule has 88 valence electrons. The molecule has 2 rings (SSSR count). The molecule has 0 spiro atoms.